The van der Waals surface area contributed by atoms with Gasteiger partial charge in [-0.1, -0.05) is 29.8 Å². The minimum Gasteiger partial charge on any atom is -0.395 e. The summed E-state index contributed by atoms with van der Waals surface area (Å²) in [5.41, 5.74) is 0.962. The fourth-order valence-corrected chi connectivity index (χ4v) is 3.72. The average molecular weight is 357 g/mol. The van der Waals surface area contributed by atoms with E-state index in [1.165, 1.54) is 6.08 Å². The highest BCUT2D eigenvalue weighted by Crippen LogP contribution is 2.28. The van der Waals surface area contributed by atoms with Gasteiger partial charge in [0.05, 0.1) is 11.5 Å². The molecule has 0 heterocycles. The Morgan fingerprint density at radius 1 is 1.22 bits per heavy atom. The van der Waals surface area contributed by atoms with Crippen molar-refractivity contribution < 1.29 is 18.3 Å². The number of rotatable bonds is 6. The first-order valence-corrected chi connectivity index (χ1v) is 8.86. The predicted molar refractivity (Wildman–Crippen MR) is 88.1 cm³/mol. The zero-order chi connectivity index (χ0) is 16.9. The Labute approximate surface area is 139 Å². The largest absolute Gasteiger partial charge is 0.395 e. The molecule has 0 bridgehead atoms. The Morgan fingerprint density at radius 2 is 1.91 bits per heavy atom. The number of aliphatic hydroxyl groups is 1. The van der Waals surface area contributed by atoms with Crippen molar-refractivity contribution in [1.82, 2.24) is 10.0 Å². The number of nitrogens with one attached hydrogen (secondary N) is 2. The molecule has 1 aliphatic rings. The van der Waals surface area contributed by atoms with Crippen molar-refractivity contribution in [1.29, 1.82) is 0 Å². The number of carbonyl (C=O) groups excluding carboxylic acids is 1. The first-order chi connectivity index (χ1) is 10.9. The maximum atomic E-state index is 12.1. The van der Waals surface area contributed by atoms with Crippen LogP contribution < -0.4 is 10.0 Å². The van der Waals surface area contributed by atoms with Crippen LogP contribution in [0.2, 0.25) is 0 Å². The van der Waals surface area contributed by atoms with Crippen molar-refractivity contribution in [2.24, 2.45) is 0 Å². The van der Waals surface area contributed by atoms with Gasteiger partial charge in [0.25, 0.3) is 5.91 Å². The van der Waals surface area contributed by atoms with Gasteiger partial charge in [-0.2, -0.15) is 0 Å². The molecular weight excluding hydrogens is 340 g/mol. The Balaban J connectivity index is 2.18. The van der Waals surface area contributed by atoms with Crippen LogP contribution in [0.3, 0.4) is 0 Å². The zero-order valence-corrected chi connectivity index (χ0v) is 13.8. The molecule has 0 fully saturated rings. The first-order valence-electron chi connectivity index (χ1n) is 7.00. The standard InChI is InChI=1S/C15H17ClN2O4S/c16-13-7-6-12(10-14(13)23(21,22)17-8-9-19)18-15(20)11-4-2-1-3-5-11/h1-5,10,17,19H,6-9H2,(H,18,20). The topological polar surface area (TPSA) is 95.5 Å². The Morgan fingerprint density at radius 3 is 2.57 bits per heavy atom. The Kier molecular flexibility index (Phi) is 5.95. The number of allylic oxidation sites excluding steroid dienone is 3. The van der Waals surface area contributed by atoms with Gasteiger partial charge in [-0.05, 0) is 31.1 Å². The van der Waals surface area contributed by atoms with Gasteiger partial charge < -0.3 is 10.4 Å². The minimum absolute atomic E-state index is 0.0813. The molecule has 0 unspecified atom stereocenters. The summed E-state index contributed by atoms with van der Waals surface area (Å²) in [4.78, 5) is 12.0. The number of hydrogen-bond donors (Lipinski definition) is 3. The number of sulfonamides is 1. The molecule has 1 aromatic carbocycles. The van der Waals surface area contributed by atoms with Crippen LogP contribution in [0.4, 0.5) is 0 Å². The fraction of sp³-hybridized carbons (Fsp3) is 0.267. The normalized spacial score (nSPS) is 15.3. The summed E-state index contributed by atoms with van der Waals surface area (Å²) < 4.78 is 26.5. The highest BCUT2D eigenvalue weighted by atomic mass is 35.5. The molecule has 124 valence electrons. The van der Waals surface area contributed by atoms with Crippen molar-refractivity contribution in [2.75, 3.05) is 13.2 Å². The lowest BCUT2D eigenvalue weighted by atomic mass is 10.1. The predicted octanol–water partition coefficient (Wildman–Crippen LogP) is 1.46. The molecular formula is C15H17ClN2O4S. The second kappa shape index (κ2) is 7.74. The summed E-state index contributed by atoms with van der Waals surface area (Å²) in [6.07, 6.45) is 2.11. The number of halogens is 1. The van der Waals surface area contributed by atoms with Crippen molar-refractivity contribution >= 4 is 27.5 Å². The third kappa shape index (κ3) is 4.65. The van der Waals surface area contributed by atoms with E-state index in [4.69, 9.17) is 16.7 Å². The van der Waals surface area contributed by atoms with E-state index >= 15 is 0 Å². The van der Waals surface area contributed by atoms with Crippen LogP contribution in [0.15, 0.2) is 52.0 Å². The molecule has 0 saturated heterocycles. The zero-order valence-electron chi connectivity index (χ0n) is 12.3. The number of hydrogen-bond acceptors (Lipinski definition) is 4. The highest BCUT2D eigenvalue weighted by molar-refractivity contribution is 7.93. The maximum Gasteiger partial charge on any atom is 0.255 e. The van der Waals surface area contributed by atoms with E-state index in [-0.39, 0.29) is 29.0 Å². The van der Waals surface area contributed by atoms with Crippen LogP contribution >= 0.6 is 11.6 Å². The number of carbonyl (C=O) groups is 1. The minimum atomic E-state index is -3.82. The third-order valence-corrected chi connectivity index (χ3v) is 5.22. The number of aliphatic hydroxyl groups excluding tert-OH is 1. The average Bonchev–Trinajstić information content (AvgIpc) is 2.55. The molecule has 0 aromatic heterocycles. The van der Waals surface area contributed by atoms with Crippen LogP contribution in [0.25, 0.3) is 0 Å². The summed E-state index contributed by atoms with van der Waals surface area (Å²) in [5, 5.41) is 11.6. The molecule has 3 N–H and O–H groups in total. The van der Waals surface area contributed by atoms with E-state index in [1.54, 1.807) is 30.3 Å². The lowest BCUT2D eigenvalue weighted by molar-refractivity contribution is 0.0964. The summed E-state index contributed by atoms with van der Waals surface area (Å²) in [7, 11) is -3.82. The maximum absolute atomic E-state index is 12.1. The van der Waals surface area contributed by atoms with E-state index in [1.807, 2.05) is 0 Å². The SMILES string of the molecule is O=C(NC1=CC(S(=O)(=O)NCCO)=C(Cl)CC1)c1ccccc1. The molecule has 23 heavy (non-hydrogen) atoms. The van der Waals surface area contributed by atoms with E-state index in [0.29, 0.717) is 24.1 Å². The molecule has 6 nitrogen and oxygen atoms in total. The molecule has 0 spiro atoms. The Bertz CT molecular complexity index is 742. The van der Waals surface area contributed by atoms with E-state index in [9.17, 15) is 13.2 Å². The van der Waals surface area contributed by atoms with Crippen LogP contribution in [-0.4, -0.2) is 32.6 Å². The summed E-state index contributed by atoms with van der Waals surface area (Å²) >= 11 is 6.01. The van der Waals surface area contributed by atoms with E-state index < -0.39 is 10.0 Å². The monoisotopic (exact) mass is 356 g/mol. The smallest absolute Gasteiger partial charge is 0.255 e. The van der Waals surface area contributed by atoms with Crippen LogP contribution in [0.5, 0.6) is 0 Å². The second-order valence-corrected chi connectivity index (χ2v) is 7.07. The quantitative estimate of drug-likeness (QED) is 0.719. The van der Waals surface area contributed by atoms with Gasteiger partial charge in [-0.3, -0.25) is 4.79 Å². The summed E-state index contributed by atoms with van der Waals surface area (Å²) in [6, 6.07) is 8.63. The molecule has 0 radical (unpaired) electrons. The highest BCUT2D eigenvalue weighted by Gasteiger charge is 2.24. The lowest BCUT2D eigenvalue weighted by Gasteiger charge is -2.18. The molecule has 2 rings (SSSR count). The molecule has 0 saturated carbocycles. The van der Waals surface area contributed by atoms with E-state index in [0.717, 1.165) is 0 Å². The van der Waals surface area contributed by atoms with Gasteiger partial charge in [-0.25, -0.2) is 13.1 Å². The fourth-order valence-electron chi connectivity index (χ4n) is 2.06. The number of benzene rings is 1. The second-order valence-electron chi connectivity index (χ2n) is 4.88. The van der Waals surface area contributed by atoms with Gasteiger partial charge in [0.1, 0.15) is 0 Å². The third-order valence-electron chi connectivity index (χ3n) is 3.19. The lowest BCUT2D eigenvalue weighted by Crippen LogP contribution is -2.30. The van der Waals surface area contributed by atoms with Crippen molar-refractivity contribution in [3.63, 3.8) is 0 Å². The Hall–Kier alpha value is -1.67. The summed E-state index contributed by atoms with van der Waals surface area (Å²) in [5.74, 6) is -0.310. The van der Waals surface area contributed by atoms with E-state index in [2.05, 4.69) is 10.0 Å². The molecule has 1 amide bonds. The molecule has 8 heteroatoms. The van der Waals surface area contributed by atoms with Gasteiger partial charge in [-0.15, -0.1) is 0 Å². The molecule has 1 aromatic rings. The van der Waals surface area contributed by atoms with Gasteiger partial charge in [0, 0.05) is 22.8 Å². The molecule has 0 aliphatic heterocycles. The van der Waals surface area contributed by atoms with Gasteiger partial charge >= 0.3 is 0 Å². The van der Waals surface area contributed by atoms with Crippen LogP contribution in [0.1, 0.15) is 23.2 Å². The molecule has 0 atom stereocenters. The van der Waals surface area contributed by atoms with Crippen molar-refractivity contribution in [3.8, 4) is 0 Å². The van der Waals surface area contributed by atoms with Crippen LogP contribution in [-0.2, 0) is 10.0 Å². The molecule has 1 aliphatic carbocycles. The summed E-state index contributed by atoms with van der Waals surface area (Å²) in [6.45, 7) is -0.416. The van der Waals surface area contributed by atoms with Crippen molar-refractivity contribution in [3.05, 3.63) is 57.6 Å². The van der Waals surface area contributed by atoms with Gasteiger partial charge in [0.2, 0.25) is 10.0 Å². The van der Waals surface area contributed by atoms with Gasteiger partial charge in [0.15, 0.2) is 0 Å². The number of amides is 1. The van der Waals surface area contributed by atoms with Crippen molar-refractivity contribution in [2.45, 2.75) is 12.8 Å². The van der Waals surface area contributed by atoms with Crippen LogP contribution in [0, 0.1) is 0 Å². The first kappa shape index (κ1) is 17.7.